The van der Waals surface area contributed by atoms with Crippen LogP contribution < -0.4 is 10.2 Å². The summed E-state index contributed by atoms with van der Waals surface area (Å²) < 4.78 is 0. The van der Waals surface area contributed by atoms with Gasteiger partial charge in [-0.2, -0.15) is 0 Å². The van der Waals surface area contributed by atoms with Crippen molar-refractivity contribution in [3.8, 4) is 5.75 Å². The molecule has 8 heteroatoms. The SMILES string of the molecule is O=C(O)NC1CCN(C(=O)CN(C(=O)C=Cc2ccccc2)c2ccc(O)cc2)C1. The Bertz CT molecular complexity index is 928. The molecule has 3 rings (SSSR count). The highest BCUT2D eigenvalue weighted by molar-refractivity contribution is 6.06. The summed E-state index contributed by atoms with van der Waals surface area (Å²) in [5.41, 5.74) is 1.33. The number of amides is 3. The molecule has 2 aromatic carbocycles. The van der Waals surface area contributed by atoms with Crippen LogP contribution in [0.25, 0.3) is 6.08 Å². The Balaban J connectivity index is 1.74. The molecule has 0 bridgehead atoms. The van der Waals surface area contributed by atoms with Crippen molar-refractivity contribution in [3.63, 3.8) is 0 Å². The third kappa shape index (κ3) is 5.60. The zero-order chi connectivity index (χ0) is 21.5. The van der Waals surface area contributed by atoms with Gasteiger partial charge in [0.05, 0.1) is 6.04 Å². The number of hydrogen-bond acceptors (Lipinski definition) is 4. The second kappa shape index (κ2) is 9.60. The van der Waals surface area contributed by atoms with Gasteiger partial charge in [-0.1, -0.05) is 30.3 Å². The van der Waals surface area contributed by atoms with E-state index in [1.165, 1.54) is 23.1 Å². The highest BCUT2D eigenvalue weighted by atomic mass is 16.4. The van der Waals surface area contributed by atoms with Crippen LogP contribution in [0.4, 0.5) is 10.5 Å². The van der Waals surface area contributed by atoms with Crippen LogP contribution >= 0.6 is 0 Å². The standard InChI is InChI=1S/C22H23N3O5/c26-19-9-7-18(8-10-19)25(20(27)11-6-16-4-2-1-3-5-16)15-21(28)24-13-12-17(14-24)23-22(29)30/h1-11,17,23,26H,12-15H2,(H,29,30). The fourth-order valence-electron chi connectivity index (χ4n) is 3.27. The van der Waals surface area contributed by atoms with E-state index in [1.54, 1.807) is 23.1 Å². The molecular weight excluding hydrogens is 386 g/mol. The predicted molar refractivity (Wildman–Crippen MR) is 112 cm³/mol. The minimum Gasteiger partial charge on any atom is -0.508 e. The molecule has 8 nitrogen and oxygen atoms in total. The minimum absolute atomic E-state index is 0.0550. The van der Waals surface area contributed by atoms with E-state index in [2.05, 4.69) is 5.32 Å². The number of carbonyl (C=O) groups excluding carboxylic acids is 2. The predicted octanol–water partition coefficient (Wildman–Crippen LogP) is 2.31. The molecule has 1 aliphatic heterocycles. The van der Waals surface area contributed by atoms with Gasteiger partial charge in [-0.05, 0) is 42.3 Å². The van der Waals surface area contributed by atoms with E-state index in [-0.39, 0.29) is 36.7 Å². The van der Waals surface area contributed by atoms with Gasteiger partial charge in [0.1, 0.15) is 12.3 Å². The van der Waals surface area contributed by atoms with E-state index in [9.17, 15) is 19.5 Å². The summed E-state index contributed by atoms with van der Waals surface area (Å²) in [7, 11) is 0. The first-order valence-electron chi connectivity index (χ1n) is 9.53. The number of nitrogens with zero attached hydrogens (tertiary/aromatic N) is 2. The highest BCUT2D eigenvalue weighted by Gasteiger charge is 2.29. The van der Waals surface area contributed by atoms with Crippen molar-refractivity contribution in [1.82, 2.24) is 10.2 Å². The van der Waals surface area contributed by atoms with Gasteiger partial charge in [-0.3, -0.25) is 14.5 Å². The van der Waals surface area contributed by atoms with Crippen LogP contribution in [0.15, 0.2) is 60.7 Å². The van der Waals surface area contributed by atoms with Gasteiger partial charge >= 0.3 is 6.09 Å². The maximum Gasteiger partial charge on any atom is 0.404 e. The van der Waals surface area contributed by atoms with Crippen molar-refractivity contribution in [2.45, 2.75) is 12.5 Å². The smallest absolute Gasteiger partial charge is 0.404 e. The Labute approximate surface area is 174 Å². The topological polar surface area (TPSA) is 110 Å². The molecule has 2 aromatic rings. The number of phenolic OH excluding ortho intramolecular Hbond substituents is 1. The van der Waals surface area contributed by atoms with E-state index in [0.29, 0.717) is 18.7 Å². The summed E-state index contributed by atoms with van der Waals surface area (Å²) in [6.07, 6.45) is 2.47. The molecule has 3 N–H and O–H groups in total. The molecule has 3 amide bonds. The van der Waals surface area contributed by atoms with E-state index in [4.69, 9.17) is 5.11 Å². The molecule has 1 unspecified atom stereocenters. The second-order valence-electron chi connectivity index (χ2n) is 6.96. The number of benzene rings is 2. The number of phenols is 1. The lowest BCUT2D eigenvalue weighted by atomic mass is 10.2. The molecule has 1 atom stereocenters. The Morgan fingerprint density at radius 2 is 1.80 bits per heavy atom. The van der Waals surface area contributed by atoms with Gasteiger partial charge in [-0.15, -0.1) is 0 Å². The Hall–Kier alpha value is -3.81. The van der Waals surface area contributed by atoms with E-state index < -0.39 is 6.09 Å². The van der Waals surface area contributed by atoms with Gasteiger partial charge in [0.15, 0.2) is 0 Å². The van der Waals surface area contributed by atoms with Crippen molar-refractivity contribution in [2.24, 2.45) is 0 Å². The average molecular weight is 409 g/mol. The van der Waals surface area contributed by atoms with Crippen molar-refractivity contribution < 1.29 is 24.6 Å². The summed E-state index contributed by atoms with van der Waals surface area (Å²) in [6.45, 7) is 0.492. The monoisotopic (exact) mass is 409 g/mol. The van der Waals surface area contributed by atoms with Crippen LogP contribution in [-0.2, 0) is 9.59 Å². The molecule has 1 saturated heterocycles. The quantitative estimate of drug-likeness (QED) is 0.634. The third-order valence-electron chi connectivity index (χ3n) is 4.81. The number of anilines is 1. The number of hydrogen-bond donors (Lipinski definition) is 3. The molecule has 1 fully saturated rings. The van der Waals surface area contributed by atoms with E-state index in [1.807, 2.05) is 30.3 Å². The van der Waals surface area contributed by atoms with Gasteiger partial charge in [0.2, 0.25) is 5.91 Å². The molecule has 1 aliphatic rings. The first-order chi connectivity index (χ1) is 14.4. The van der Waals surface area contributed by atoms with Crippen LogP contribution in [0, 0.1) is 0 Å². The number of aromatic hydroxyl groups is 1. The van der Waals surface area contributed by atoms with E-state index >= 15 is 0 Å². The largest absolute Gasteiger partial charge is 0.508 e. The Morgan fingerprint density at radius 1 is 1.10 bits per heavy atom. The van der Waals surface area contributed by atoms with Crippen molar-refractivity contribution >= 4 is 29.7 Å². The molecule has 156 valence electrons. The average Bonchev–Trinajstić information content (AvgIpc) is 3.19. The van der Waals surface area contributed by atoms with Crippen molar-refractivity contribution in [3.05, 3.63) is 66.2 Å². The van der Waals surface area contributed by atoms with Crippen LogP contribution in [-0.4, -0.2) is 58.7 Å². The third-order valence-corrected chi connectivity index (χ3v) is 4.81. The van der Waals surface area contributed by atoms with Crippen LogP contribution in [0.2, 0.25) is 0 Å². The summed E-state index contributed by atoms with van der Waals surface area (Å²) in [4.78, 5) is 39.3. The zero-order valence-corrected chi connectivity index (χ0v) is 16.3. The fourth-order valence-corrected chi connectivity index (χ4v) is 3.27. The summed E-state index contributed by atoms with van der Waals surface area (Å²) in [5, 5.41) is 20.8. The maximum atomic E-state index is 12.9. The zero-order valence-electron chi connectivity index (χ0n) is 16.3. The number of rotatable bonds is 6. The van der Waals surface area contributed by atoms with Crippen LogP contribution in [0.3, 0.4) is 0 Å². The fraction of sp³-hybridized carbons (Fsp3) is 0.227. The molecule has 0 saturated carbocycles. The summed E-state index contributed by atoms with van der Waals surface area (Å²) in [5.74, 6) is -0.601. The van der Waals surface area contributed by atoms with Gasteiger partial charge in [0, 0.05) is 24.9 Å². The van der Waals surface area contributed by atoms with Crippen LogP contribution in [0.5, 0.6) is 5.75 Å². The molecule has 0 radical (unpaired) electrons. The molecule has 0 aromatic heterocycles. The highest BCUT2D eigenvalue weighted by Crippen LogP contribution is 2.20. The molecule has 1 heterocycles. The normalized spacial score (nSPS) is 15.9. The lowest BCUT2D eigenvalue weighted by Crippen LogP contribution is -2.43. The summed E-state index contributed by atoms with van der Waals surface area (Å²) in [6, 6.07) is 15.0. The van der Waals surface area contributed by atoms with Crippen molar-refractivity contribution in [1.29, 1.82) is 0 Å². The van der Waals surface area contributed by atoms with Crippen LogP contribution in [0.1, 0.15) is 12.0 Å². The maximum absolute atomic E-state index is 12.9. The Morgan fingerprint density at radius 3 is 2.47 bits per heavy atom. The van der Waals surface area contributed by atoms with Gasteiger partial charge in [0.25, 0.3) is 5.91 Å². The lowest BCUT2D eigenvalue weighted by molar-refractivity contribution is -0.130. The number of carboxylic acid groups (broad SMARTS) is 1. The first kappa shape index (κ1) is 20.9. The van der Waals surface area contributed by atoms with Gasteiger partial charge in [-0.25, -0.2) is 4.79 Å². The lowest BCUT2D eigenvalue weighted by Gasteiger charge is -2.24. The van der Waals surface area contributed by atoms with Gasteiger partial charge < -0.3 is 20.4 Å². The molecular formula is C22H23N3O5. The molecule has 30 heavy (non-hydrogen) atoms. The summed E-state index contributed by atoms with van der Waals surface area (Å²) >= 11 is 0. The van der Waals surface area contributed by atoms with E-state index in [0.717, 1.165) is 5.56 Å². The number of likely N-dealkylation sites (tertiary alicyclic amines) is 1. The first-order valence-corrected chi connectivity index (χ1v) is 9.53. The Kier molecular flexibility index (Phi) is 6.69. The number of carbonyl (C=O) groups is 3. The number of nitrogens with one attached hydrogen (secondary N) is 1. The second-order valence-corrected chi connectivity index (χ2v) is 6.96. The minimum atomic E-state index is -1.12. The molecule has 0 spiro atoms. The molecule has 0 aliphatic carbocycles. The van der Waals surface area contributed by atoms with Crippen molar-refractivity contribution in [2.75, 3.05) is 24.5 Å².